The summed E-state index contributed by atoms with van der Waals surface area (Å²) in [6.45, 7) is 0. The summed E-state index contributed by atoms with van der Waals surface area (Å²) in [5.74, 6) is -3.84. The van der Waals surface area contributed by atoms with Gasteiger partial charge in [0.1, 0.15) is 5.25 Å². The summed E-state index contributed by atoms with van der Waals surface area (Å²) in [6, 6.07) is 24.3. The van der Waals surface area contributed by atoms with Crippen LogP contribution in [0, 0.1) is 10.1 Å². The fraction of sp³-hybridized carbons (Fsp3) is 0.0345. The first-order valence-electron chi connectivity index (χ1n) is 11.9. The molecule has 0 aliphatic heterocycles. The number of anilines is 2. The van der Waals surface area contributed by atoms with Gasteiger partial charge in [-0.2, -0.15) is 0 Å². The molecule has 0 aromatic heterocycles. The standard InChI is InChI=1S/C29H21N3O8S/c33-26(23-15-6-18(28(35)36)16-24(23)29(37)38)30-20-9-13-22(14-10-20)41-25(17-4-2-1-3-5-17)27(34)31-19-7-11-21(12-8-19)32(39)40/h1-16,25H,(H,30,33)(H,31,34)(H,35,36)(H,37,38). The highest BCUT2D eigenvalue weighted by Crippen LogP contribution is 2.37. The predicted octanol–water partition coefficient (Wildman–Crippen LogP) is 5.72. The summed E-state index contributed by atoms with van der Waals surface area (Å²) in [5, 5.41) is 34.2. The second-order valence-electron chi connectivity index (χ2n) is 8.55. The Hall–Kier alpha value is -5.49. The highest BCUT2D eigenvalue weighted by Gasteiger charge is 2.23. The first-order valence-corrected chi connectivity index (χ1v) is 12.8. The first kappa shape index (κ1) is 28.5. The van der Waals surface area contributed by atoms with Gasteiger partial charge in [0.15, 0.2) is 0 Å². The average Bonchev–Trinajstić information content (AvgIpc) is 2.97. The van der Waals surface area contributed by atoms with Crippen molar-refractivity contribution in [1.82, 2.24) is 0 Å². The van der Waals surface area contributed by atoms with Gasteiger partial charge in [-0.15, -0.1) is 11.8 Å². The number of rotatable bonds is 10. The molecule has 0 aliphatic carbocycles. The summed E-state index contributed by atoms with van der Waals surface area (Å²) >= 11 is 1.25. The Balaban J connectivity index is 1.50. The number of aromatic carboxylic acids is 2. The van der Waals surface area contributed by atoms with Gasteiger partial charge in [-0.25, -0.2) is 9.59 Å². The Morgan fingerprint density at radius 1 is 0.732 bits per heavy atom. The zero-order chi connectivity index (χ0) is 29.5. The molecule has 1 atom stereocenters. The van der Waals surface area contributed by atoms with Crippen LogP contribution in [-0.4, -0.2) is 38.9 Å². The van der Waals surface area contributed by atoms with Crippen LogP contribution in [0.15, 0.2) is 102 Å². The lowest BCUT2D eigenvalue weighted by molar-refractivity contribution is -0.384. The monoisotopic (exact) mass is 571 g/mol. The van der Waals surface area contributed by atoms with Gasteiger partial charge in [0.05, 0.1) is 21.6 Å². The quantitative estimate of drug-likeness (QED) is 0.105. The first-order chi connectivity index (χ1) is 19.6. The van der Waals surface area contributed by atoms with E-state index in [4.69, 9.17) is 5.11 Å². The number of carbonyl (C=O) groups excluding carboxylic acids is 2. The molecule has 206 valence electrons. The van der Waals surface area contributed by atoms with Crippen LogP contribution in [0.3, 0.4) is 0 Å². The van der Waals surface area contributed by atoms with E-state index in [-0.39, 0.29) is 22.7 Å². The number of nitrogens with one attached hydrogen (secondary N) is 2. The van der Waals surface area contributed by atoms with Crippen LogP contribution in [0.5, 0.6) is 0 Å². The van der Waals surface area contributed by atoms with E-state index in [1.165, 1.54) is 36.0 Å². The molecule has 12 heteroatoms. The van der Waals surface area contributed by atoms with Crippen molar-refractivity contribution in [2.75, 3.05) is 10.6 Å². The van der Waals surface area contributed by atoms with Gasteiger partial charge in [-0.1, -0.05) is 30.3 Å². The van der Waals surface area contributed by atoms with E-state index in [9.17, 15) is 34.4 Å². The minimum atomic E-state index is -1.44. The Kier molecular flexibility index (Phi) is 8.75. The molecule has 0 saturated carbocycles. The summed E-state index contributed by atoms with van der Waals surface area (Å²) in [6.07, 6.45) is 0. The fourth-order valence-corrected chi connectivity index (χ4v) is 4.80. The Bertz CT molecular complexity index is 1620. The van der Waals surface area contributed by atoms with E-state index in [0.29, 0.717) is 16.3 Å². The fourth-order valence-electron chi connectivity index (χ4n) is 3.78. The Morgan fingerprint density at radius 3 is 1.93 bits per heavy atom. The Morgan fingerprint density at radius 2 is 1.34 bits per heavy atom. The normalized spacial score (nSPS) is 11.2. The minimum absolute atomic E-state index is 0.0966. The van der Waals surface area contributed by atoms with Gasteiger partial charge in [-0.3, -0.25) is 19.7 Å². The van der Waals surface area contributed by atoms with Crippen molar-refractivity contribution in [2.24, 2.45) is 0 Å². The summed E-state index contributed by atoms with van der Waals surface area (Å²) in [7, 11) is 0. The van der Waals surface area contributed by atoms with Crippen LogP contribution in [-0.2, 0) is 4.79 Å². The molecule has 0 saturated heterocycles. The number of hydrogen-bond donors (Lipinski definition) is 4. The van der Waals surface area contributed by atoms with E-state index in [0.717, 1.165) is 23.8 Å². The zero-order valence-electron chi connectivity index (χ0n) is 21.0. The number of hydrogen-bond acceptors (Lipinski definition) is 7. The van der Waals surface area contributed by atoms with Crippen LogP contribution in [0.1, 0.15) is 41.9 Å². The maximum absolute atomic E-state index is 13.3. The number of benzene rings is 4. The lowest BCUT2D eigenvalue weighted by Gasteiger charge is -2.17. The molecule has 0 aliphatic rings. The smallest absolute Gasteiger partial charge is 0.336 e. The number of nitrogens with zero attached hydrogens (tertiary/aromatic N) is 1. The molecule has 4 aromatic rings. The second-order valence-corrected chi connectivity index (χ2v) is 9.73. The topological polar surface area (TPSA) is 176 Å². The molecule has 4 N–H and O–H groups in total. The molecule has 1 unspecified atom stereocenters. The highest BCUT2D eigenvalue weighted by molar-refractivity contribution is 8.00. The van der Waals surface area contributed by atoms with Crippen LogP contribution in [0.25, 0.3) is 0 Å². The minimum Gasteiger partial charge on any atom is -0.478 e. The molecule has 11 nitrogen and oxygen atoms in total. The maximum Gasteiger partial charge on any atom is 0.336 e. The highest BCUT2D eigenvalue weighted by atomic mass is 32.2. The van der Waals surface area contributed by atoms with Gasteiger partial charge in [-0.05, 0) is 60.2 Å². The second kappa shape index (κ2) is 12.6. The van der Waals surface area contributed by atoms with Crippen molar-refractivity contribution >= 4 is 52.6 Å². The van der Waals surface area contributed by atoms with E-state index in [1.54, 1.807) is 48.5 Å². The van der Waals surface area contributed by atoms with E-state index >= 15 is 0 Å². The predicted molar refractivity (Wildman–Crippen MR) is 152 cm³/mol. The molecule has 0 heterocycles. The molecular weight excluding hydrogens is 550 g/mol. The number of carbonyl (C=O) groups is 4. The molecule has 41 heavy (non-hydrogen) atoms. The van der Waals surface area contributed by atoms with Crippen LogP contribution >= 0.6 is 11.8 Å². The van der Waals surface area contributed by atoms with Gasteiger partial charge >= 0.3 is 11.9 Å². The third kappa shape index (κ3) is 7.13. The van der Waals surface area contributed by atoms with Crippen LogP contribution < -0.4 is 10.6 Å². The van der Waals surface area contributed by atoms with Crippen molar-refractivity contribution in [3.05, 3.63) is 129 Å². The van der Waals surface area contributed by atoms with E-state index in [1.807, 2.05) is 6.07 Å². The number of nitro groups is 1. The van der Waals surface area contributed by atoms with Crippen LogP contribution in [0.4, 0.5) is 17.1 Å². The van der Waals surface area contributed by atoms with E-state index in [2.05, 4.69) is 10.6 Å². The van der Waals surface area contributed by atoms with Gasteiger partial charge < -0.3 is 20.8 Å². The van der Waals surface area contributed by atoms with Crippen molar-refractivity contribution in [1.29, 1.82) is 0 Å². The number of carboxylic acids is 2. The number of thioether (sulfide) groups is 1. The molecule has 4 aromatic carbocycles. The molecule has 0 spiro atoms. The lowest BCUT2D eigenvalue weighted by atomic mass is 10.0. The van der Waals surface area contributed by atoms with Crippen LogP contribution in [0.2, 0.25) is 0 Å². The zero-order valence-corrected chi connectivity index (χ0v) is 21.8. The summed E-state index contributed by atoms with van der Waals surface area (Å²) < 4.78 is 0. The Labute approximate surface area is 237 Å². The van der Waals surface area contributed by atoms with Crippen molar-refractivity contribution < 1.29 is 34.3 Å². The molecule has 0 bridgehead atoms. The molecule has 0 fully saturated rings. The molecule has 4 rings (SSSR count). The number of non-ortho nitro benzene ring substituents is 1. The van der Waals surface area contributed by atoms with Crippen molar-refractivity contribution in [3.8, 4) is 0 Å². The van der Waals surface area contributed by atoms with Gasteiger partial charge in [0.2, 0.25) is 5.91 Å². The van der Waals surface area contributed by atoms with Crippen molar-refractivity contribution in [2.45, 2.75) is 10.1 Å². The summed E-state index contributed by atoms with van der Waals surface area (Å²) in [4.78, 5) is 59.9. The third-order valence-corrected chi connectivity index (χ3v) is 7.06. The molecule has 0 radical (unpaired) electrons. The number of carboxylic acid groups (broad SMARTS) is 2. The van der Waals surface area contributed by atoms with Gasteiger partial charge in [0, 0.05) is 28.4 Å². The molecular formula is C29H21N3O8S. The molecule has 2 amide bonds. The van der Waals surface area contributed by atoms with E-state index < -0.39 is 33.6 Å². The number of nitro benzene ring substituents is 1. The third-order valence-electron chi connectivity index (χ3n) is 5.79. The van der Waals surface area contributed by atoms with Gasteiger partial charge in [0.25, 0.3) is 11.6 Å². The SMILES string of the molecule is O=C(O)c1ccc(C(=O)Nc2ccc(SC(C(=O)Nc3ccc([N+](=O)[O-])cc3)c3ccccc3)cc2)c(C(=O)O)c1. The van der Waals surface area contributed by atoms with Crippen molar-refractivity contribution in [3.63, 3.8) is 0 Å². The summed E-state index contributed by atoms with van der Waals surface area (Å²) in [5.41, 5.74) is 0.473. The average molecular weight is 572 g/mol. The largest absolute Gasteiger partial charge is 0.478 e. The number of amides is 2. The lowest BCUT2D eigenvalue weighted by Crippen LogP contribution is -2.19. The maximum atomic E-state index is 13.3.